The van der Waals surface area contributed by atoms with Crippen LogP contribution in [0.25, 0.3) is 0 Å². The minimum atomic E-state index is -3.04. The summed E-state index contributed by atoms with van der Waals surface area (Å²) in [5.74, 6) is -13.4. The van der Waals surface area contributed by atoms with E-state index in [0.717, 1.165) is 6.92 Å². The number of cyclic esters (lactones) is 2. The first-order valence-electron chi connectivity index (χ1n) is 16.5. The fourth-order valence-corrected chi connectivity index (χ4v) is 7.05. The van der Waals surface area contributed by atoms with Gasteiger partial charge in [-0.15, -0.1) is 0 Å². The van der Waals surface area contributed by atoms with Gasteiger partial charge in [0.05, 0.1) is 43.0 Å². The van der Waals surface area contributed by atoms with Crippen molar-refractivity contribution in [1.29, 1.82) is 0 Å². The molecular weight excluding hydrogens is 726 g/mol. The van der Waals surface area contributed by atoms with Crippen LogP contribution in [0.5, 0.6) is 0 Å². The molecule has 5 aliphatic heterocycles. The highest BCUT2D eigenvalue weighted by Gasteiger charge is 2.63. The average Bonchev–Trinajstić information content (AvgIpc) is 3.10. The Kier molecular flexibility index (Phi) is 12.0. The van der Waals surface area contributed by atoms with E-state index in [1.807, 2.05) is 0 Å². The predicted octanol–water partition coefficient (Wildman–Crippen LogP) is -8.92. The molecule has 5 rings (SSSR count). The number of esters is 2. The predicted molar refractivity (Wildman–Crippen MR) is 161 cm³/mol. The molecule has 24 heteroatoms. The van der Waals surface area contributed by atoms with Crippen LogP contribution < -0.4 is 16.8 Å². The van der Waals surface area contributed by atoms with Gasteiger partial charge >= 0.3 is 17.9 Å². The van der Waals surface area contributed by atoms with Crippen LogP contribution in [0.2, 0.25) is 0 Å². The van der Waals surface area contributed by atoms with Gasteiger partial charge in [-0.25, -0.2) is 14.4 Å². The van der Waals surface area contributed by atoms with E-state index in [9.17, 15) is 70.2 Å². The lowest BCUT2D eigenvalue weighted by atomic mass is 9.86. The molecule has 0 aromatic rings. The summed E-state index contributed by atoms with van der Waals surface area (Å²) in [6, 6.07) is -4.46. The third-order valence-electron chi connectivity index (χ3n) is 9.96. The van der Waals surface area contributed by atoms with Crippen LogP contribution in [0.3, 0.4) is 0 Å². The van der Waals surface area contributed by atoms with E-state index in [0.29, 0.717) is 0 Å². The zero-order valence-electron chi connectivity index (χ0n) is 28.0. The maximum absolute atomic E-state index is 13.2. The molecule has 0 aliphatic carbocycles. The highest BCUT2D eigenvalue weighted by molar-refractivity contribution is 5.80. The summed E-state index contributed by atoms with van der Waals surface area (Å²) >= 11 is 0. The number of hydrogen-bond donors (Lipinski definition) is 13. The average molecular weight is 772 g/mol. The molecule has 0 unspecified atom stereocenters. The van der Waals surface area contributed by atoms with Crippen molar-refractivity contribution in [2.45, 2.75) is 135 Å². The second kappa shape index (κ2) is 15.4. The molecule has 2 spiro atoms. The highest BCUT2D eigenvalue weighted by atomic mass is 16.8. The molecule has 1 amide bonds. The lowest BCUT2D eigenvalue weighted by Crippen LogP contribution is -2.72. The van der Waals surface area contributed by atoms with Crippen LogP contribution in [-0.2, 0) is 52.3 Å². The molecule has 24 nitrogen and oxygen atoms in total. The molecule has 302 valence electrons. The van der Waals surface area contributed by atoms with Crippen LogP contribution in [0, 0.1) is 0 Å². The quantitative estimate of drug-likeness (QED) is 0.0968. The number of aliphatic hydroxyl groups is 9. The number of hydrogen-bond acceptors (Lipinski definition) is 22. The van der Waals surface area contributed by atoms with E-state index >= 15 is 0 Å². The molecule has 53 heavy (non-hydrogen) atoms. The largest absolute Gasteiger partial charge is 0.477 e. The molecule has 0 aromatic carbocycles. The standard InChI is InChI=1S/C29H45N3O21/c1-8(34)32-17-11(37)2-27(46,24(42)43)51-23(17)20(41)14-7-48-26(45)29(50-14)4-10(36)16(31)22(53-29)19(40)13-6-47-25(44)28(49-13)3-9(35)15(30)21(52-28)18(39)12(38)5-33/h9-23,33,35-41,46H,2-7,30-31H2,1H3,(H,32,34)(H,42,43)/t9-,10-,11-,12-,13-,14+,15+,16+,17+,18-,19+,20+,21+,22+,23+,27-,28-,29-/m0/s1. The lowest BCUT2D eigenvalue weighted by Gasteiger charge is -2.52. The number of carboxylic acids is 1. The molecule has 0 aromatic heterocycles. The number of nitrogens with one attached hydrogen (secondary N) is 1. The number of carbonyl (C=O) groups is 4. The van der Waals surface area contributed by atoms with Crippen LogP contribution in [0.4, 0.5) is 0 Å². The number of aliphatic carboxylic acids is 1. The Hall–Kier alpha value is -2.76. The molecule has 5 fully saturated rings. The smallest absolute Gasteiger partial charge is 0.367 e. The first kappa shape index (κ1) is 41.4. The van der Waals surface area contributed by atoms with E-state index in [-0.39, 0.29) is 0 Å². The maximum Gasteiger partial charge on any atom is 0.367 e. The Morgan fingerprint density at radius 2 is 1.25 bits per heavy atom. The molecule has 15 N–H and O–H groups in total. The summed E-state index contributed by atoms with van der Waals surface area (Å²) in [5, 5.41) is 107. The van der Waals surface area contributed by atoms with Gasteiger partial charge in [-0.05, 0) is 0 Å². The number of amides is 1. The van der Waals surface area contributed by atoms with E-state index in [4.69, 9.17) is 44.6 Å². The first-order valence-corrected chi connectivity index (χ1v) is 16.5. The molecule has 18 atom stereocenters. The zero-order valence-corrected chi connectivity index (χ0v) is 28.0. The van der Waals surface area contributed by atoms with Gasteiger partial charge in [-0.1, -0.05) is 0 Å². The number of ether oxygens (including phenoxy) is 7. The molecule has 5 saturated heterocycles. The van der Waals surface area contributed by atoms with Crippen molar-refractivity contribution < 1.29 is 103 Å². The highest BCUT2D eigenvalue weighted by Crippen LogP contribution is 2.41. The van der Waals surface area contributed by atoms with E-state index in [2.05, 4.69) is 5.32 Å². The Labute approximate surface area is 299 Å². The Balaban J connectivity index is 1.38. The van der Waals surface area contributed by atoms with E-state index < -0.39 is 172 Å². The van der Waals surface area contributed by atoms with Gasteiger partial charge in [0.2, 0.25) is 5.91 Å². The topological polar surface area (TPSA) is 399 Å². The van der Waals surface area contributed by atoms with E-state index in [1.54, 1.807) is 0 Å². The van der Waals surface area contributed by atoms with Crippen LogP contribution in [-0.4, -0.2) is 203 Å². The summed E-state index contributed by atoms with van der Waals surface area (Å²) < 4.78 is 38.7. The zero-order chi connectivity index (χ0) is 39.4. The van der Waals surface area contributed by atoms with Gasteiger partial charge in [0, 0.05) is 26.2 Å². The van der Waals surface area contributed by atoms with Gasteiger partial charge in [0.25, 0.3) is 17.4 Å². The number of rotatable bonds is 9. The summed E-state index contributed by atoms with van der Waals surface area (Å²) in [6.07, 6.45) is -24.3. The Bertz CT molecular complexity index is 1390. The Morgan fingerprint density at radius 3 is 1.72 bits per heavy atom. The summed E-state index contributed by atoms with van der Waals surface area (Å²) in [7, 11) is 0. The van der Waals surface area contributed by atoms with Crippen LogP contribution >= 0.6 is 0 Å². The molecule has 0 saturated carbocycles. The lowest BCUT2D eigenvalue weighted by molar-refractivity contribution is -0.372. The number of carbonyl (C=O) groups excluding carboxylic acids is 3. The summed E-state index contributed by atoms with van der Waals surface area (Å²) in [6.45, 7) is -1.39. The van der Waals surface area contributed by atoms with Crippen molar-refractivity contribution in [2.24, 2.45) is 11.5 Å². The van der Waals surface area contributed by atoms with E-state index in [1.165, 1.54) is 0 Å². The molecule has 0 radical (unpaired) electrons. The van der Waals surface area contributed by atoms with Gasteiger partial charge in [-0.2, -0.15) is 0 Å². The Morgan fingerprint density at radius 1 is 0.774 bits per heavy atom. The van der Waals surface area contributed by atoms with Crippen molar-refractivity contribution in [3.63, 3.8) is 0 Å². The molecule has 0 bridgehead atoms. The van der Waals surface area contributed by atoms with Crippen molar-refractivity contribution >= 4 is 23.8 Å². The second-order valence-electron chi connectivity index (χ2n) is 13.8. The first-order chi connectivity index (χ1) is 24.7. The van der Waals surface area contributed by atoms with Gasteiger partial charge in [-0.3, -0.25) is 4.79 Å². The molecular formula is C29H45N3O21. The van der Waals surface area contributed by atoms with Crippen molar-refractivity contribution in [3.8, 4) is 0 Å². The normalized spacial score (nSPS) is 45.8. The SMILES string of the molecule is CC(=O)N[C@H]1[C@H]([C@H](O)[C@H]2COC(=O)[C@@]3(C[C@H](O)[C@@H](N)[C@H]([C@H](O)[C@@H]4COC(=O)[C@@]5(C[C@H](O)[C@@H](N)[C@H]([C@@H](O)[C@@H](O)CO)O5)O4)O3)O2)O[C@](O)(C(=O)O)C[C@@H]1O. The summed E-state index contributed by atoms with van der Waals surface area (Å²) in [4.78, 5) is 49.9. The van der Waals surface area contributed by atoms with Crippen molar-refractivity contribution in [2.75, 3.05) is 19.8 Å². The fourth-order valence-electron chi connectivity index (χ4n) is 7.05. The van der Waals surface area contributed by atoms with Gasteiger partial charge < -0.3 is 101 Å². The minimum absolute atomic E-state index is 0.706. The summed E-state index contributed by atoms with van der Waals surface area (Å²) in [5.41, 5.74) is 12.1. The maximum atomic E-state index is 13.2. The number of aliphatic hydroxyl groups excluding tert-OH is 8. The van der Waals surface area contributed by atoms with Gasteiger partial charge in [0.1, 0.15) is 68.1 Å². The minimum Gasteiger partial charge on any atom is -0.477 e. The fraction of sp³-hybridized carbons (Fsp3) is 0.862. The van der Waals surface area contributed by atoms with Crippen LogP contribution in [0.15, 0.2) is 0 Å². The number of nitrogens with two attached hydrogens (primary N) is 2. The second-order valence-corrected chi connectivity index (χ2v) is 13.8. The van der Waals surface area contributed by atoms with Gasteiger partial charge in [0.15, 0.2) is 0 Å². The van der Waals surface area contributed by atoms with Crippen molar-refractivity contribution in [1.82, 2.24) is 5.32 Å². The monoisotopic (exact) mass is 771 g/mol. The number of carboxylic acid groups (broad SMARTS) is 1. The molecule has 5 heterocycles. The van der Waals surface area contributed by atoms with Crippen LogP contribution in [0.1, 0.15) is 26.2 Å². The molecule has 5 aliphatic rings. The third-order valence-corrected chi connectivity index (χ3v) is 9.96. The van der Waals surface area contributed by atoms with Crippen molar-refractivity contribution in [3.05, 3.63) is 0 Å². The third kappa shape index (κ3) is 7.73.